The van der Waals surface area contributed by atoms with Gasteiger partial charge in [-0.2, -0.15) is 0 Å². The van der Waals surface area contributed by atoms with E-state index >= 15 is 0 Å². The van der Waals surface area contributed by atoms with Crippen LogP contribution in [0.5, 0.6) is 0 Å². The summed E-state index contributed by atoms with van der Waals surface area (Å²) in [6, 6.07) is 4.95. The van der Waals surface area contributed by atoms with Gasteiger partial charge in [-0.1, -0.05) is 19.4 Å². The number of hydrogen-bond donors (Lipinski definition) is 3. The van der Waals surface area contributed by atoms with Crippen LogP contribution in [0.4, 0.5) is 11.4 Å². The van der Waals surface area contributed by atoms with Crippen LogP contribution in [0.3, 0.4) is 0 Å². The molecule has 4 rings (SSSR count). The maximum Gasteiger partial charge on any atom is 0.259 e. The molecular formula is C20H17N3O4. The first-order chi connectivity index (χ1) is 12.9. The molecular weight excluding hydrogens is 346 g/mol. The van der Waals surface area contributed by atoms with Gasteiger partial charge in [-0.25, -0.2) is 0 Å². The molecule has 1 heterocycles. The van der Waals surface area contributed by atoms with Crippen LogP contribution in [0.1, 0.15) is 25.3 Å². The highest BCUT2D eigenvalue weighted by Gasteiger charge is 2.20. The van der Waals surface area contributed by atoms with Gasteiger partial charge in [0, 0.05) is 10.8 Å². The van der Waals surface area contributed by atoms with E-state index in [9.17, 15) is 19.2 Å². The molecule has 0 saturated carbocycles. The molecule has 4 aromatic rings. The van der Waals surface area contributed by atoms with Crippen molar-refractivity contribution in [2.75, 3.05) is 11.5 Å². The zero-order chi connectivity index (χ0) is 19.5. The lowest BCUT2D eigenvalue weighted by molar-refractivity contribution is 0.803. The third-order valence-corrected chi connectivity index (χ3v) is 5.14. The van der Waals surface area contributed by atoms with E-state index in [-0.39, 0.29) is 16.8 Å². The van der Waals surface area contributed by atoms with Crippen molar-refractivity contribution < 1.29 is 0 Å². The van der Waals surface area contributed by atoms with E-state index < -0.39 is 22.0 Å². The number of unbranched alkanes of at least 4 members (excludes halogenated alkanes) is 1. The van der Waals surface area contributed by atoms with Crippen molar-refractivity contribution in [1.29, 1.82) is 0 Å². The number of fused-ring (bicyclic) bond motifs is 4. The molecule has 0 fully saturated rings. The summed E-state index contributed by atoms with van der Waals surface area (Å²) in [5, 5.41) is 2.63. The van der Waals surface area contributed by atoms with Crippen LogP contribution < -0.4 is 33.4 Å². The minimum atomic E-state index is -0.842. The summed E-state index contributed by atoms with van der Waals surface area (Å²) in [6.45, 7) is 2.01. The van der Waals surface area contributed by atoms with E-state index in [0.29, 0.717) is 38.9 Å². The Balaban J connectivity index is 2.39. The Kier molecular flexibility index (Phi) is 3.62. The van der Waals surface area contributed by atoms with Crippen molar-refractivity contribution in [2.24, 2.45) is 0 Å². The van der Waals surface area contributed by atoms with Gasteiger partial charge in [0.1, 0.15) is 0 Å². The van der Waals surface area contributed by atoms with E-state index in [0.717, 1.165) is 12.8 Å². The number of hydrogen-bond acceptors (Lipinski definition) is 6. The molecule has 1 aromatic heterocycles. The fourth-order valence-corrected chi connectivity index (χ4v) is 3.84. The van der Waals surface area contributed by atoms with Crippen LogP contribution in [0.25, 0.3) is 32.3 Å². The van der Waals surface area contributed by atoms with Crippen molar-refractivity contribution in [1.82, 2.24) is 4.98 Å². The van der Waals surface area contributed by atoms with Gasteiger partial charge in [0.25, 0.3) is 22.0 Å². The molecule has 5 N–H and O–H groups in total. The lowest BCUT2D eigenvalue weighted by Gasteiger charge is -2.14. The number of nitrogens with one attached hydrogen (secondary N) is 1. The number of nitrogen functional groups attached to an aromatic ring is 2. The zero-order valence-electron chi connectivity index (χ0n) is 14.6. The van der Waals surface area contributed by atoms with Crippen molar-refractivity contribution in [3.63, 3.8) is 0 Å². The molecule has 0 aliphatic rings. The summed E-state index contributed by atoms with van der Waals surface area (Å²) in [4.78, 5) is 51.2. The Bertz CT molecular complexity index is 1460. The highest BCUT2D eigenvalue weighted by Crippen LogP contribution is 2.36. The van der Waals surface area contributed by atoms with Gasteiger partial charge in [0.15, 0.2) is 0 Å². The predicted octanol–water partition coefficient (Wildman–Crippen LogP) is 1.30. The molecule has 0 radical (unpaired) electrons. The van der Waals surface area contributed by atoms with E-state index in [1.165, 1.54) is 0 Å². The standard InChI is InChI=1S/C20H17N3O4/c1-2-3-4-9-12-8(5-6-10-14(12)20(27)23-19(10)26)7-11-13(9)16(22)18(25)17(24)15(11)21/h5-7H,2-4,21-22H2,1H3,(H,23,26,27). The van der Waals surface area contributed by atoms with Gasteiger partial charge >= 0.3 is 0 Å². The number of H-pyrrole nitrogens is 1. The van der Waals surface area contributed by atoms with Gasteiger partial charge in [-0.05, 0) is 41.3 Å². The minimum Gasteiger partial charge on any atom is -0.395 e. The summed E-state index contributed by atoms with van der Waals surface area (Å²) in [6.07, 6.45) is 2.18. The number of aryl methyl sites for hydroxylation is 1. The summed E-state index contributed by atoms with van der Waals surface area (Å²) >= 11 is 0. The number of aromatic nitrogens is 1. The average molecular weight is 363 g/mol. The van der Waals surface area contributed by atoms with Crippen LogP contribution >= 0.6 is 0 Å². The summed E-state index contributed by atoms with van der Waals surface area (Å²) in [5.41, 5.74) is 9.72. The number of aromatic amines is 1. The molecule has 0 aliphatic carbocycles. The molecule has 0 saturated heterocycles. The number of rotatable bonds is 3. The molecule has 27 heavy (non-hydrogen) atoms. The number of anilines is 2. The largest absolute Gasteiger partial charge is 0.395 e. The highest BCUT2D eigenvalue weighted by atomic mass is 16.2. The normalized spacial score (nSPS) is 11.7. The topological polar surface area (TPSA) is 136 Å². The Morgan fingerprint density at radius 3 is 2.26 bits per heavy atom. The van der Waals surface area contributed by atoms with Crippen LogP contribution in [0.2, 0.25) is 0 Å². The second-order valence-corrected chi connectivity index (χ2v) is 6.74. The zero-order valence-corrected chi connectivity index (χ0v) is 14.6. The van der Waals surface area contributed by atoms with Gasteiger partial charge in [-0.15, -0.1) is 0 Å². The van der Waals surface area contributed by atoms with Crippen molar-refractivity contribution in [2.45, 2.75) is 26.2 Å². The molecule has 3 aromatic carbocycles. The van der Waals surface area contributed by atoms with Gasteiger partial charge in [0.2, 0.25) is 0 Å². The Morgan fingerprint density at radius 1 is 0.852 bits per heavy atom. The van der Waals surface area contributed by atoms with Gasteiger partial charge in [0.05, 0.1) is 22.1 Å². The first kappa shape index (κ1) is 17.0. The fraction of sp³-hybridized carbons (Fsp3) is 0.200. The first-order valence-electron chi connectivity index (χ1n) is 8.69. The average Bonchev–Trinajstić information content (AvgIpc) is 2.95. The third kappa shape index (κ3) is 2.21. The van der Waals surface area contributed by atoms with Crippen LogP contribution in [0.15, 0.2) is 37.4 Å². The molecule has 0 atom stereocenters. The Morgan fingerprint density at radius 2 is 1.56 bits per heavy atom. The number of benzene rings is 3. The third-order valence-electron chi connectivity index (χ3n) is 5.14. The molecule has 0 aliphatic heterocycles. The molecule has 0 amide bonds. The SMILES string of the molecule is CCCCc1c2c(N)c(=O)c(=O)c(N)c2cc2ccc3c(=O)[nH]c(=O)c3c12. The number of nitrogens with two attached hydrogens (primary N) is 2. The molecule has 7 heteroatoms. The van der Waals surface area contributed by atoms with E-state index in [1.54, 1.807) is 18.2 Å². The van der Waals surface area contributed by atoms with Crippen LogP contribution in [0, 0.1) is 0 Å². The maximum absolute atomic E-state index is 12.4. The molecule has 0 spiro atoms. The van der Waals surface area contributed by atoms with E-state index in [2.05, 4.69) is 4.98 Å². The lowest BCUT2D eigenvalue weighted by atomic mass is 9.90. The maximum atomic E-state index is 12.4. The lowest BCUT2D eigenvalue weighted by Crippen LogP contribution is -2.29. The summed E-state index contributed by atoms with van der Waals surface area (Å²) in [7, 11) is 0. The highest BCUT2D eigenvalue weighted by molar-refractivity contribution is 6.18. The van der Waals surface area contributed by atoms with Crippen molar-refractivity contribution in [3.05, 3.63) is 64.9 Å². The minimum absolute atomic E-state index is 0.148. The van der Waals surface area contributed by atoms with Crippen molar-refractivity contribution in [3.8, 4) is 0 Å². The Labute approximate surface area is 151 Å². The fourth-order valence-electron chi connectivity index (χ4n) is 3.84. The second kappa shape index (κ2) is 5.77. The van der Waals surface area contributed by atoms with Gasteiger partial charge < -0.3 is 11.5 Å². The molecule has 0 unspecified atom stereocenters. The van der Waals surface area contributed by atoms with E-state index in [1.807, 2.05) is 6.92 Å². The summed E-state index contributed by atoms with van der Waals surface area (Å²) < 4.78 is 0. The summed E-state index contributed by atoms with van der Waals surface area (Å²) in [5.74, 6) is 0. The van der Waals surface area contributed by atoms with Crippen LogP contribution in [-0.4, -0.2) is 4.98 Å². The second-order valence-electron chi connectivity index (χ2n) is 6.74. The van der Waals surface area contributed by atoms with Gasteiger partial charge in [-0.3, -0.25) is 24.2 Å². The molecule has 136 valence electrons. The first-order valence-corrected chi connectivity index (χ1v) is 8.69. The monoisotopic (exact) mass is 363 g/mol. The molecule has 7 nitrogen and oxygen atoms in total. The quantitative estimate of drug-likeness (QED) is 0.285. The molecule has 0 bridgehead atoms. The van der Waals surface area contributed by atoms with Crippen LogP contribution in [-0.2, 0) is 6.42 Å². The predicted molar refractivity (Wildman–Crippen MR) is 108 cm³/mol. The van der Waals surface area contributed by atoms with E-state index in [4.69, 9.17) is 11.5 Å². The van der Waals surface area contributed by atoms with Crippen molar-refractivity contribution >= 4 is 43.7 Å². The smallest absolute Gasteiger partial charge is 0.259 e. The Hall–Kier alpha value is -3.48.